The minimum Gasteiger partial charge on any atom is -0.497 e. The van der Waals surface area contributed by atoms with E-state index in [4.69, 9.17) is 9.47 Å². The van der Waals surface area contributed by atoms with E-state index in [1.807, 2.05) is 23.1 Å². The number of amides is 1. The van der Waals surface area contributed by atoms with E-state index in [1.54, 1.807) is 7.11 Å². The van der Waals surface area contributed by atoms with E-state index in [-0.39, 0.29) is 12.0 Å². The Labute approximate surface area is 113 Å². The molecular formula is C15H19NO3. The SMILES string of the molecule is COc1ccc2c(c1)CCCN2C(=O)C1CCCO1. The van der Waals surface area contributed by atoms with Crippen molar-refractivity contribution < 1.29 is 14.3 Å². The molecule has 0 N–H and O–H groups in total. The minimum absolute atomic E-state index is 0.114. The van der Waals surface area contributed by atoms with Gasteiger partial charge in [-0.1, -0.05) is 0 Å². The maximum Gasteiger partial charge on any atom is 0.256 e. The van der Waals surface area contributed by atoms with Crippen molar-refractivity contribution >= 4 is 11.6 Å². The van der Waals surface area contributed by atoms with Gasteiger partial charge in [-0.2, -0.15) is 0 Å². The molecule has 2 aliphatic heterocycles. The molecule has 0 saturated carbocycles. The Morgan fingerprint density at radius 2 is 2.32 bits per heavy atom. The fraction of sp³-hybridized carbons (Fsp3) is 0.533. The molecule has 2 heterocycles. The Hall–Kier alpha value is -1.55. The first-order chi connectivity index (χ1) is 9.29. The number of anilines is 1. The summed E-state index contributed by atoms with van der Waals surface area (Å²) in [5.74, 6) is 0.966. The highest BCUT2D eigenvalue weighted by Gasteiger charge is 2.31. The van der Waals surface area contributed by atoms with Gasteiger partial charge in [-0.05, 0) is 49.4 Å². The van der Waals surface area contributed by atoms with E-state index < -0.39 is 0 Å². The van der Waals surface area contributed by atoms with Gasteiger partial charge >= 0.3 is 0 Å². The molecule has 1 amide bonds. The third-order valence-electron chi connectivity index (χ3n) is 3.88. The van der Waals surface area contributed by atoms with Crippen molar-refractivity contribution in [2.75, 3.05) is 25.2 Å². The number of ether oxygens (including phenoxy) is 2. The number of methoxy groups -OCH3 is 1. The molecule has 1 saturated heterocycles. The number of carbonyl (C=O) groups is 1. The molecule has 0 bridgehead atoms. The largest absolute Gasteiger partial charge is 0.497 e. The van der Waals surface area contributed by atoms with Crippen molar-refractivity contribution in [1.82, 2.24) is 0 Å². The van der Waals surface area contributed by atoms with Crippen LogP contribution in [0.1, 0.15) is 24.8 Å². The summed E-state index contributed by atoms with van der Waals surface area (Å²) < 4.78 is 10.8. The number of hydrogen-bond acceptors (Lipinski definition) is 3. The van der Waals surface area contributed by atoms with Gasteiger partial charge < -0.3 is 14.4 Å². The highest BCUT2D eigenvalue weighted by atomic mass is 16.5. The molecule has 0 aliphatic carbocycles. The Balaban J connectivity index is 1.87. The predicted molar refractivity (Wildman–Crippen MR) is 72.6 cm³/mol. The number of aryl methyl sites for hydroxylation is 1. The van der Waals surface area contributed by atoms with Gasteiger partial charge in [0.15, 0.2) is 0 Å². The summed E-state index contributed by atoms with van der Waals surface area (Å²) in [6.07, 6.45) is 3.59. The molecule has 1 aromatic rings. The highest BCUT2D eigenvalue weighted by Crippen LogP contribution is 2.31. The number of fused-ring (bicyclic) bond motifs is 1. The Morgan fingerprint density at radius 3 is 3.05 bits per heavy atom. The normalized spacial score (nSPS) is 22.2. The quantitative estimate of drug-likeness (QED) is 0.819. The van der Waals surface area contributed by atoms with Gasteiger partial charge in [-0.25, -0.2) is 0 Å². The molecule has 4 heteroatoms. The molecule has 102 valence electrons. The topological polar surface area (TPSA) is 38.8 Å². The van der Waals surface area contributed by atoms with E-state index in [9.17, 15) is 4.79 Å². The molecule has 3 rings (SSSR count). The van der Waals surface area contributed by atoms with Gasteiger partial charge in [-0.3, -0.25) is 4.79 Å². The summed E-state index contributed by atoms with van der Waals surface area (Å²) in [6.45, 7) is 1.50. The molecule has 1 unspecified atom stereocenters. The lowest BCUT2D eigenvalue weighted by Gasteiger charge is -2.31. The second kappa shape index (κ2) is 5.21. The molecule has 4 nitrogen and oxygen atoms in total. The summed E-state index contributed by atoms with van der Waals surface area (Å²) in [5, 5.41) is 0. The van der Waals surface area contributed by atoms with Crippen LogP contribution in [0.2, 0.25) is 0 Å². The summed E-state index contributed by atoms with van der Waals surface area (Å²) in [5.41, 5.74) is 2.21. The Morgan fingerprint density at radius 1 is 1.42 bits per heavy atom. The van der Waals surface area contributed by atoms with Crippen LogP contribution in [0.5, 0.6) is 5.75 Å². The van der Waals surface area contributed by atoms with Gasteiger partial charge in [0.2, 0.25) is 0 Å². The lowest BCUT2D eigenvalue weighted by molar-refractivity contribution is -0.127. The summed E-state index contributed by atoms with van der Waals surface area (Å²) >= 11 is 0. The van der Waals surface area contributed by atoms with Crippen LogP contribution >= 0.6 is 0 Å². The lowest BCUT2D eigenvalue weighted by Crippen LogP contribution is -2.41. The van der Waals surface area contributed by atoms with Crippen LogP contribution < -0.4 is 9.64 Å². The molecule has 1 atom stereocenters. The van der Waals surface area contributed by atoms with Crippen LogP contribution in [-0.2, 0) is 16.0 Å². The smallest absolute Gasteiger partial charge is 0.256 e. The van der Waals surface area contributed by atoms with E-state index in [0.29, 0.717) is 6.61 Å². The van der Waals surface area contributed by atoms with E-state index >= 15 is 0 Å². The molecule has 0 radical (unpaired) electrons. The van der Waals surface area contributed by atoms with Gasteiger partial charge in [0.25, 0.3) is 5.91 Å². The average Bonchev–Trinajstić information content (AvgIpc) is 2.99. The van der Waals surface area contributed by atoms with Crippen LogP contribution in [0, 0.1) is 0 Å². The number of hydrogen-bond donors (Lipinski definition) is 0. The number of benzene rings is 1. The fourth-order valence-electron chi connectivity index (χ4n) is 2.88. The summed E-state index contributed by atoms with van der Waals surface area (Å²) in [7, 11) is 1.67. The van der Waals surface area contributed by atoms with Gasteiger partial charge in [0.05, 0.1) is 7.11 Å². The average molecular weight is 261 g/mol. The molecule has 2 aliphatic rings. The molecule has 1 fully saturated rings. The van der Waals surface area contributed by atoms with Gasteiger partial charge in [0, 0.05) is 18.8 Å². The molecule has 19 heavy (non-hydrogen) atoms. The summed E-state index contributed by atoms with van der Waals surface area (Å²) in [4.78, 5) is 14.4. The van der Waals surface area contributed by atoms with Gasteiger partial charge in [-0.15, -0.1) is 0 Å². The first kappa shape index (κ1) is 12.5. The molecule has 0 spiro atoms. The van der Waals surface area contributed by atoms with E-state index in [1.165, 1.54) is 5.56 Å². The lowest BCUT2D eigenvalue weighted by atomic mass is 10.0. The van der Waals surface area contributed by atoms with Crippen molar-refractivity contribution in [3.8, 4) is 5.75 Å². The highest BCUT2D eigenvalue weighted by molar-refractivity contribution is 5.97. The molecular weight excluding hydrogens is 242 g/mol. The number of carbonyl (C=O) groups excluding carboxylic acids is 1. The van der Waals surface area contributed by atoms with Crippen molar-refractivity contribution in [3.63, 3.8) is 0 Å². The Kier molecular flexibility index (Phi) is 3.42. The van der Waals surface area contributed by atoms with Crippen molar-refractivity contribution in [3.05, 3.63) is 23.8 Å². The zero-order valence-corrected chi connectivity index (χ0v) is 11.2. The first-order valence-corrected chi connectivity index (χ1v) is 6.89. The van der Waals surface area contributed by atoms with E-state index in [2.05, 4.69) is 0 Å². The predicted octanol–water partition coefficient (Wildman–Crippen LogP) is 2.15. The third-order valence-corrected chi connectivity index (χ3v) is 3.88. The van der Waals surface area contributed by atoms with Crippen LogP contribution in [0.25, 0.3) is 0 Å². The first-order valence-electron chi connectivity index (χ1n) is 6.89. The zero-order valence-electron chi connectivity index (χ0n) is 11.2. The molecule has 1 aromatic carbocycles. The fourth-order valence-corrected chi connectivity index (χ4v) is 2.88. The third kappa shape index (κ3) is 2.32. The van der Waals surface area contributed by atoms with Crippen LogP contribution in [0.3, 0.4) is 0 Å². The summed E-state index contributed by atoms with van der Waals surface area (Å²) in [6, 6.07) is 5.93. The monoisotopic (exact) mass is 261 g/mol. The minimum atomic E-state index is -0.243. The maximum atomic E-state index is 12.5. The van der Waals surface area contributed by atoms with Crippen molar-refractivity contribution in [1.29, 1.82) is 0 Å². The van der Waals surface area contributed by atoms with Crippen LogP contribution in [0.4, 0.5) is 5.69 Å². The van der Waals surface area contributed by atoms with Gasteiger partial charge in [0.1, 0.15) is 11.9 Å². The second-order valence-electron chi connectivity index (χ2n) is 5.09. The van der Waals surface area contributed by atoms with Crippen molar-refractivity contribution in [2.45, 2.75) is 31.8 Å². The number of nitrogens with zero attached hydrogens (tertiary/aromatic N) is 1. The van der Waals surface area contributed by atoms with E-state index in [0.717, 1.165) is 43.7 Å². The van der Waals surface area contributed by atoms with Crippen molar-refractivity contribution in [2.24, 2.45) is 0 Å². The number of rotatable bonds is 2. The molecule has 0 aromatic heterocycles. The Bertz CT molecular complexity index is 480. The maximum absolute atomic E-state index is 12.5. The standard InChI is InChI=1S/C15H19NO3/c1-18-12-6-7-13-11(10-12)4-2-8-16(13)15(17)14-5-3-9-19-14/h6-7,10,14H,2-5,8-9H2,1H3. The van der Waals surface area contributed by atoms with Crippen LogP contribution in [-0.4, -0.2) is 32.3 Å². The second-order valence-corrected chi connectivity index (χ2v) is 5.09. The zero-order chi connectivity index (χ0) is 13.2. The van der Waals surface area contributed by atoms with Crippen LogP contribution in [0.15, 0.2) is 18.2 Å².